The van der Waals surface area contributed by atoms with Crippen LogP contribution in [0.15, 0.2) is 30.3 Å². The average molecular weight is 301 g/mol. The Morgan fingerprint density at radius 2 is 2.00 bits per heavy atom. The van der Waals surface area contributed by atoms with Gasteiger partial charge in [-0.1, -0.05) is 30.3 Å². The maximum absolute atomic E-state index is 11.0. The molecule has 0 aliphatic carbocycles. The Balaban J connectivity index is 2.56. The van der Waals surface area contributed by atoms with Gasteiger partial charge in [0.15, 0.2) is 0 Å². The lowest BCUT2D eigenvalue weighted by Gasteiger charge is -2.16. The highest BCUT2D eigenvalue weighted by atomic mass is 32.2. The second-order valence-electron chi connectivity index (χ2n) is 4.57. The molecule has 1 rings (SSSR count). The van der Waals surface area contributed by atoms with E-state index in [4.69, 9.17) is 9.29 Å². The van der Waals surface area contributed by atoms with Crippen molar-refractivity contribution < 1.29 is 22.5 Å². The molecule has 0 aromatic heterocycles. The molecule has 0 aliphatic heterocycles. The first kappa shape index (κ1) is 16.6. The van der Waals surface area contributed by atoms with Gasteiger partial charge in [0, 0.05) is 12.5 Å². The van der Waals surface area contributed by atoms with Crippen LogP contribution >= 0.6 is 0 Å². The van der Waals surface area contributed by atoms with Gasteiger partial charge in [-0.05, 0) is 12.0 Å². The number of carboxylic acids is 1. The average Bonchev–Trinajstić information content (AvgIpc) is 2.35. The molecular weight excluding hydrogens is 282 g/mol. The first-order valence-corrected chi connectivity index (χ1v) is 7.99. The molecule has 0 bridgehead atoms. The number of hydrogen-bond donors (Lipinski definition) is 2. The Hall–Kier alpha value is -1.44. The highest BCUT2D eigenvalue weighted by Crippen LogP contribution is 2.09. The number of rotatable bonds is 9. The fourth-order valence-corrected chi connectivity index (χ4v) is 2.18. The van der Waals surface area contributed by atoms with E-state index in [0.717, 1.165) is 11.8 Å². The highest BCUT2D eigenvalue weighted by molar-refractivity contribution is 7.85. The minimum Gasteiger partial charge on any atom is -0.480 e. The summed E-state index contributed by atoms with van der Waals surface area (Å²) < 4.78 is 26.9. The molecule has 0 fully saturated rings. The van der Waals surface area contributed by atoms with Crippen molar-refractivity contribution in [3.05, 3.63) is 35.9 Å². The predicted octanol–water partition coefficient (Wildman–Crippen LogP) is 0.496. The summed E-state index contributed by atoms with van der Waals surface area (Å²) in [5.74, 6) is -1.07. The number of nitrogens with one attached hydrogen (secondary N) is 1. The first-order valence-electron chi connectivity index (χ1n) is 6.17. The van der Waals surface area contributed by atoms with Crippen molar-refractivity contribution in [3.8, 4) is 0 Å². The first-order chi connectivity index (χ1) is 9.37. The summed E-state index contributed by atoms with van der Waals surface area (Å²) in [4.78, 5) is 10.5. The molecule has 2 N–H and O–H groups in total. The molecule has 0 saturated carbocycles. The summed E-state index contributed by atoms with van der Waals surface area (Å²) in [5.41, 5.74) is 1.05. The summed E-state index contributed by atoms with van der Waals surface area (Å²) >= 11 is 0. The van der Waals surface area contributed by atoms with E-state index < -0.39 is 16.1 Å². The number of benzene rings is 1. The maximum Gasteiger partial charge on any atom is 0.317 e. The van der Waals surface area contributed by atoms with Crippen molar-refractivity contribution in [1.29, 1.82) is 0 Å². The van der Waals surface area contributed by atoms with Crippen LogP contribution < -0.4 is 5.32 Å². The van der Waals surface area contributed by atoms with Gasteiger partial charge in [-0.2, -0.15) is 8.42 Å². The van der Waals surface area contributed by atoms with Crippen molar-refractivity contribution in [3.63, 3.8) is 0 Å². The van der Waals surface area contributed by atoms with Crippen LogP contribution in [0.5, 0.6) is 0 Å². The molecule has 112 valence electrons. The Bertz CT molecular complexity index is 515. The molecule has 1 atom stereocenters. The van der Waals surface area contributed by atoms with Gasteiger partial charge in [0.1, 0.15) is 0 Å². The zero-order valence-corrected chi connectivity index (χ0v) is 12.1. The van der Waals surface area contributed by atoms with Crippen molar-refractivity contribution in [2.45, 2.75) is 6.42 Å². The SMILES string of the molecule is CS(=O)(=O)OCC(CNCC(=O)O)Cc1ccccc1. The van der Waals surface area contributed by atoms with Crippen LogP contribution in [-0.2, 0) is 25.5 Å². The van der Waals surface area contributed by atoms with Crippen LogP contribution in [0.25, 0.3) is 0 Å². The van der Waals surface area contributed by atoms with E-state index in [0.29, 0.717) is 13.0 Å². The van der Waals surface area contributed by atoms with E-state index in [-0.39, 0.29) is 19.1 Å². The number of aliphatic carboxylic acids is 1. The van der Waals surface area contributed by atoms with E-state index in [1.54, 1.807) is 0 Å². The van der Waals surface area contributed by atoms with Gasteiger partial charge >= 0.3 is 5.97 Å². The minimum atomic E-state index is -3.50. The third-order valence-corrected chi connectivity index (χ3v) is 3.16. The Kier molecular flexibility index (Phi) is 6.63. The molecule has 0 spiro atoms. The molecule has 0 saturated heterocycles. The molecule has 0 aliphatic rings. The Morgan fingerprint density at radius 3 is 2.55 bits per heavy atom. The Labute approximate surface area is 118 Å². The molecule has 6 nitrogen and oxygen atoms in total. The van der Waals surface area contributed by atoms with Crippen molar-refractivity contribution >= 4 is 16.1 Å². The normalized spacial score (nSPS) is 13.1. The minimum absolute atomic E-state index is 0.0281. The monoisotopic (exact) mass is 301 g/mol. The fraction of sp³-hybridized carbons (Fsp3) is 0.462. The summed E-state index contributed by atoms with van der Waals surface area (Å²) in [6.07, 6.45) is 1.61. The van der Waals surface area contributed by atoms with Crippen LogP contribution in [0.2, 0.25) is 0 Å². The lowest BCUT2D eigenvalue weighted by molar-refractivity contribution is -0.136. The zero-order valence-electron chi connectivity index (χ0n) is 11.3. The second-order valence-corrected chi connectivity index (χ2v) is 6.21. The maximum atomic E-state index is 11.0. The van der Waals surface area contributed by atoms with Crippen molar-refractivity contribution in [2.75, 3.05) is 26.0 Å². The van der Waals surface area contributed by atoms with E-state index in [1.807, 2.05) is 30.3 Å². The third-order valence-electron chi connectivity index (χ3n) is 2.59. The fourth-order valence-electron chi connectivity index (χ4n) is 1.74. The second kappa shape index (κ2) is 7.98. The lowest BCUT2D eigenvalue weighted by Crippen LogP contribution is -2.32. The van der Waals surface area contributed by atoms with Gasteiger partial charge in [-0.25, -0.2) is 0 Å². The molecule has 20 heavy (non-hydrogen) atoms. The van der Waals surface area contributed by atoms with Gasteiger partial charge < -0.3 is 10.4 Å². The van der Waals surface area contributed by atoms with Crippen LogP contribution in [-0.4, -0.2) is 45.4 Å². The van der Waals surface area contributed by atoms with E-state index in [9.17, 15) is 13.2 Å². The molecule has 7 heteroatoms. The highest BCUT2D eigenvalue weighted by Gasteiger charge is 2.14. The topological polar surface area (TPSA) is 92.7 Å². The standard InChI is InChI=1S/C13H19NO5S/c1-20(17,18)19-10-12(8-14-9-13(15)16)7-11-5-3-2-4-6-11/h2-6,12,14H,7-10H2,1H3,(H,15,16). The van der Waals surface area contributed by atoms with Gasteiger partial charge in [0.2, 0.25) is 0 Å². The third kappa shape index (κ3) is 7.88. The van der Waals surface area contributed by atoms with Crippen LogP contribution in [0.4, 0.5) is 0 Å². The van der Waals surface area contributed by atoms with Crippen LogP contribution in [0.1, 0.15) is 5.56 Å². The predicted molar refractivity (Wildman–Crippen MR) is 74.9 cm³/mol. The van der Waals surface area contributed by atoms with Gasteiger partial charge in [-0.3, -0.25) is 8.98 Å². The summed E-state index contributed by atoms with van der Waals surface area (Å²) in [7, 11) is -3.50. The van der Waals surface area contributed by atoms with Crippen molar-refractivity contribution in [1.82, 2.24) is 5.32 Å². The van der Waals surface area contributed by atoms with Crippen molar-refractivity contribution in [2.24, 2.45) is 5.92 Å². The number of carbonyl (C=O) groups is 1. The molecule has 1 unspecified atom stereocenters. The molecule has 1 aromatic carbocycles. The lowest BCUT2D eigenvalue weighted by atomic mass is 10.0. The van der Waals surface area contributed by atoms with E-state index in [1.165, 1.54) is 0 Å². The summed E-state index contributed by atoms with van der Waals surface area (Å²) in [5, 5.41) is 11.4. The summed E-state index contributed by atoms with van der Waals surface area (Å²) in [6, 6.07) is 9.56. The molecule has 1 aromatic rings. The van der Waals surface area contributed by atoms with E-state index in [2.05, 4.69) is 5.32 Å². The number of carboxylic acid groups (broad SMARTS) is 1. The molecule has 0 amide bonds. The van der Waals surface area contributed by atoms with Crippen LogP contribution in [0.3, 0.4) is 0 Å². The zero-order chi connectivity index (χ0) is 15.0. The number of hydrogen-bond acceptors (Lipinski definition) is 5. The molecule has 0 radical (unpaired) electrons. The van der Waals surface area contributed by atoms with Gasteiger partial charge in [0.05, 0.1) is 19.4 Å². The van der Waals surface area contributed by atoms with Gasteiger partial charge in [-0.15, -0.1) is 0 Å². The molecular formula is C13H19NO5S. The molecule has 0 heterocycles. The quantitative estimate of drug-likeness (QED) is 0.645. The Morgan fingerprint density at radius 1 is 1.35 bits per heavy atom. The largest absolute Gasteiger partial charge is 0.480 e. The summed E-state index contributed by atoms with van der Waals surface area (Å²) in [6.45, 7) is 0.237. The van der Waals surface area contributed by atoms with Crippen LogP contribution in [0, 0.1) is 5.92 Å². The van der Waals surface area contributed by atoms with E-state index >= 15 is 0 Å². The van der Waals surface area contributed by atoms with Gasteiger partial charge in [0.25, 0.3) is 10.1 Å². The smallest absolute Gasteiger partial charge is 0.317 e.